The molecule has 17 heavy (non-hydrogen) atoms. The predicted molar refractivity (Wildman–Crippen MR) is 55.3 cm³/mol. The lowest BCUT2D eigenvalue weighted by Gasteiger charge is -2.26. The van der Waals surface area contributed by atoms with Crippen LogP contribution in [0.15, 0.2) is 6.33 Å². The minimum absolute atomic E-state index is 0.00333. The van der Waals surface area contributed by atoms with E-state index in [0.29, 0.717) is 12.2 Å². The van der Waals surface area contributed by atoms with E-state index in [2.05, 4.69) is 10.1 Å². The molecule has 1 fully saturated rings. The van der Waals surface area contributed by atoms with Gasteiger partial charge in [-0.3, -0.25) is 0 Å². The molecule has 7 heteroatoms. The van der Waals surface area contributed by atoms with Gasteiger partial charge >= 0.3 is 6.18 Å². The van der Waals surface area contributed by atoms with Crippen LogP contribution in [0.1, 0.15) is 37.4 Å². The van der Waals surface area contributed by atoms with Gasteiger partial charge in [0.1, 0.15) is 18.7 Å². The van der Waals surface area contributed by atoms with Crippen LogP contribution in [0.5, 0.6) is 0 Å². The normalized spacial score (nSPS) is 26.1. The van der Waals surface area contributed by atoms with Crippen molar-refractivity contribution in [2.75, 3.05) is 0 Å². The Morgan fingerprint density at radius 3 is 2.82 bits per heavy atom. The third kappa shape index (κ3) is 3.18. The topological polar surface area (TPSA) is 56.7 Å². The molecule has 96 valence electrons. The van der Waals surface area contributed by atoms with Crippen molar-refractivity contribution in [1.29, 1.82) is 0 Å². The first-order valence-corrected chi connectivity index (χ1v) is 5.66. The number of hydrogen-bond donors (Lipinski definition) is 1. The standard InChI is InChI=1S/C10H15F3N4/c11-10(12,13)5-17-9(15-6-16-17)7-2-1-3-8(14)4-7/h6-8H,1-5,14H2/t7-,8+/m1/s1. The second kappa shape index (κ2) is 4.64. The van der Waals surface area contributed by atoms with E-state index in [-0.39, 0.29) is 12.0 Å². The van der Waals surface area contributed by atoms with Gasteiger partial charge in [0.15, 0.2) is 0 Å². The Kier molecular flexibility index (Phi) is 3.37. The average molecular weight is 248 g/mol. The molecule has 0 saturated heterocycles. The first kappa shape index (κ1) is 12.3. The van der Waals surface area contributed by atoms with Gasteiger partial charge < -0.3 is 5.73 Å². The summed E-state index contributed by atoms with van der Waals surface area (Å²) in [5, 5.41) is 3.65. The van der Waals surface area contributed by atoms with Crippen molar-refractivity contribution >= 4 is 0 Å². The van der Waals surface area contributed by atoms with Crippen LogP contribution in [0.25, 0.3) is 0 Å². The van der Waals surface area contributed by atoms with Crippen molar-refractivity contribution in [3.63, 3.8) is 0 Å². The van der Waals surface area contributed by atoms with Crippen LogP contribution in [0, 0.1) is 0 Å². The van der Waals surface area contributed by atoms with Gasteiger partial charge in [-0.15, -0.1) is 0 Å². The Bertz CT molecular complexity index is 374. The monoisotopic (exact) mass is 248 g/mol. The fraction of sp³-hybridized carbons (Fsp3) is 0.800. The van der Waals surface area contributed by atoms with Crippen LogP contribution >= 0.6 is 0 Å². The van der Waals surface area contributed by atoms with Crippen molar-refractivity contribution in [2.24, 2.45) is 5.73 Å². The molecule has 1 saturated carbocycles. The third-order valence-corrected chi connectivity index (χ3v) is 3.05. The Morgan fingerprint density at radius 1 is 1.41 bits per heavy atom. The molecule has 2 rings (SSSR count). The van der Waals surface area contributed by atoms with Crippen LogP contribution < -0.4 is 5.73 Å². The van der Waals surface area contributed by atoms with Crippen LogP contribution in [-0.2, 0) is 6.54 Å². The zero-order valence-corrected chi connectivity index (χ0v) is 9.32. The molecule has 1 aromatic rings. The minimum Gasteiger partial charge on any atom is -0.328 e. The molecule has 0 aliphatic heterocycles. The lowest BCUT2D eigenvalue weighted by atomic mass is 9.85. The average Bonchev–Trinajstić information content (AvgIpc) is 2.63. The number of alkyl halides is 3. The molecule has 0 amide bonds. The van der Waals surface area contributed by atoms with Gasteiger partial charge in [0.2, 0.25) is 0 Å². The maximum Gasteiger partial charge on any atom is 0.408 e. The van der Waals surface area contributed by atoms with Crippen molar-refractivity contribution in [1.82, 2.24) is 14.8 Å². The van der Waals surface area contributed by atoms with E-state index in [1.165, 1.54) is 6.33 Å². The highest BCUT2D eigenvalue weighted by Gasteiger charge is 2.32. The zero-order chi connectivity index (χ0) is 12.5. The summed E-state index contributed by atoms with van der Waals surface area (Å²) >= 11 is 0. The summed E-state index contributed by atoms with van der Waals surface area (Å²) in [6.45, 7) is -1.08. The Balaban J connectivity index is 2.13. The Hall–Kier alpha value is -1.11. The van der Waals surface area contributed by atoms with E-state index in [0.717, 1.165) is 23.9 Å². The quantitative estimate of drug-likeness (QED) is 0.868. The molecule has 1 aromatic heterocycles. The Labute approximate surface area is 97.0 Å². The van der Waals surface area contributed by atoms with Crippen molar-refractivity contribution in [3.05, 3.63) is 12.2 Å². The fourth-order valence-electron chi connectivity index (χ4n) is 2.34. The van der Waals surface area contributed by atoms with Gasteiger partial charge in [0.25, 0.3) is 0 Å². The van der Waals surface area contributed by atoms with E-state index < -0.39 is 12.7 Å². The molecule has 1 aliphatic rings. The molecule has 0 unspecified atom stereocenters. The van der Waals surface area contributed by atoms with E-state index >= 15 is 0 Å². The van der Waals surface area contributed by atoms with Crippen molar-refractivity contribution in [3.8, 4) is 0 Å². The van der Waals surface area contributed by atoms with E-state index in [1.807, 2.05) is 0 Å². The smallest absolute Gasteiger partial charge is 0.328 e. The van der Waals surface area contributed by atoms with Crippen molar-refractivity contribution in [2.45, 2.75) is 50.4 Å². The summed E-state index contributed by atoms with van der Waals surface area (Å²) in [7, 11) is 0. The maximum atomic E-state index is 12.3. The van der Waals surface area contributed by atoms with Crippen LogP contribution in [0.4, 0.5) is 13.2 Å². The number of nitrogens with zero attached hydrogens (tertiary/aromatic N) is 3. The van der Waals surface area contributed by atoms with Gasteiger partial charge in [-0.2, -0.15) is 18.3 Å². The second-order valence-electron chi connectivity index (χ2n) is 4.51. The number of nitrogens with two attached hydrogens (primary N) is 1. The highest BCUT2D eigenvalue weighted by Crippen LogP contribution is 2.31. The van der Waals surface area contributed by atoms with Crippen molar-refractivity contribution < 1.29 is 13.2 Å². The molecular weight excluding hydrogens is 233 g/mol. The summed E-state index contributed by atoms with van der Waals surface area (Å²) in [6.07, 6.45) is 0.315. The summed E-state index contributed by atoms with van der Waals surface area (Å²) in [6, 6.07) is 0.0600. The molecule has 1 aliphatic carbocycles. The predicted octanol–water partition coefficient (Wildman–Crippen LogP) is 1.83. The largest absolute Gasteiger partial charge is 0.408 e. The summed E-state index contributed by atoms with van der Waals surface area (Å²) in [5.74, 6) is 0.418. The molecule has 4 nitrogen and oxygen atoms in total. The van der Waals surface area contributed by atoms with Gasteiger partial charge in [-0.05, 0) is 19.3 Å². The van der Waals surface area contributed by atoms with Gasteiger partial charge in [0.05, 0.1) is 0 Å². The summed E-state index contributed by atoms with van der Waals surface area (Å²) < 4.78 is 37.9. The molecule has 2 atom stereocenters. The lowest BCUT2D eigenvalue weighted by molar-refractivity contribution is -0.143. The second-order valence-corrected chi connectivity index (χ2v) is 4.51. The van der Waals surface area contributed by atoms with Gasteiger partial charge in [-0.1, -0.05) is 6.42 Å². The van der Waals surface area contributed by atoms with E-state index in [9.17, 15) is 13.2 Å². The fourth-order valence-corrected chi connectivity index (χ4v) is 2.34. The number of aromatic nitrogens is 3. The molecule has 0 radical (unpaired) electrons. The molecule has 0 bridgehead atoms. The van der Waals surface area contributed by atoms with Crippen LogP contribution in [0.2, 0.25) is 0 Å². The summed E-state index contributed by atoms with van der Waals surface area (Å²) in [5.41, 5.74) is 5.83. The SMILES string of the molecule is N[C@H]1CCC[C@@H](c2ncnn2CC(F)(F)F)C1. The maximum absolute atomic E-state index is 12.3. The molecule has 2 N–H and O–H groups in total. The summed E-state index contributed by atoms with van der Waals surface area (Å²) in [4.78, 5) is 3.95. The molecule has 0 spiro atoms. The number of halogens is 3. The van der Waals surface area contributed by atoms with Crippen LogP contribution in [0.3, 0.4) is 0 Å². The van der Waals surface area contributed by atoms with Gasteiger partial charge in [-0.25, -0.2) is 9.67 Å². The van der Waals surface area contributed by atoms with E-state index in [1.54, 1.807) is 0 Å². The first-order valence-electron chi connectivity index (χ1n) is 5.66. The molecular formula is C10H15F3N4. The number of hydrogen-bond acceptors (Lipinski definition) is 3. The molecule has 0 aromatic carbocycles. The van der Waals surface area contributed by atoms with E-state index in [4.69, 9.17) is 5.73 Å². The number of rotatable bonds is 2. The zero-order valence-electron chi connectivity index (χ0n) is 9.32. The van der Waals surface area contributed by atoms with Crippen LogP contribution in [-0.4, -0.2) is 27.0 Å². The Morgan fingerprint density at radius 2 is 2.18 bits per heavy atom. The highest BCUT2D eigenvalue weighted by atomic mass is 19.4. The van der Waals surface area contributed by atoms with Gasteiger partial charge in [0, 0.05) is 12.0 Å². The highest BCUT2D eigenvalue weighted by molar-refractivity contribution is 4.99. The third-order valence-electron chi connectivity index (χ3n) is 3.05. The lowest BCUT2D eigenvalue weighted by Crippen LogP contribution is -2.29. The molecule has 1 heterocycles. The minimum atomic E-state index is -4.26. The first-order chi connectivity index (χ1) is 7.96.